The smallest absolute Gasteiger partial charge is 0.338 e. The standard InChI is InChI=1S/C11H10N2O3/c1-2-16-11(14)8-5-6-13-9(7-8)3-4-10(13)12-15/h3-7H,2H2,1H3. The summed E-state index contributed by atoms with van der Waals surface area (Å²) in [6, 6.07) is 6.57. The number of ether oxygens (including phenoxy) is 1. The van der Waals surface area contributed by atoms with Crippen molar-refractivity contribution in [1.29, 1.82) is 0 Å². The summed E-state index contributed by atoms with van der Waals surface area (Å²) in [5, 5.41) is 2.87. The van der Waals surface area contributed by atoms with Crippen LogP contribution in [0.3, 0.4) is 0 Å². The zero-order valence-electron chi connectivity index (χ0n) is 8.71. The summed E-state index contributed by atoms with van der Waals surface area (Å²) in [7, 11) is 0. The first kappa shape index (κ1) is 10.4. The van der Waals surface area contributed by atoms with Crippen molar-refractivity contribution < 1.29 is 9.53 Å². The van der Waals surface area contributed by atoms with Gasteiger partial charge >= 0.3 is 5.97 Å². The van der Waals surface area contributed by atoms with E-state index in [1.54, 1.807) is 41.8 Å². The van der Waals surface area contributed by atoms with Crippen molar-refractivity contribution in [3.8, 4) is 0 Å². The van der Waals surface area contributed by atoms with Crippen LogP contribution in [0.25, 0.3) is 5.52 Å². The number of aromatic nitrogens is 1. The second-order valence-electron chi connectivity index (χ2n) is 3.21. The molecular weight excluding hydrogens is 208 g/mol. The number of fused-ring (bicyclic) bond motifs is 1. The molecule has 0 saturated heterocycles. The molecule has 5 heteroatoms. The summed E-state index contributed by atoms with van der Waals surface area (Å²) >= 11 is 0. The lowest BCUT2D eigenvalue weighted by atomic mass is 10.2. The highest BCUT2D eigenvalue weighted by molar-refractivity contribution is 5.90. The van der Waals surface area contributed by atoms with Gasteiger partial charge in [0.25, 0.3) is 0 Å². The van der Waals surface area contributed by atoms with E-state index in [0.29, 0.717) is 18.0 Å². The zero-order valence-corrected chi connectivity index (χ0v) is 8.71. The number of nitrogens with zero attached hydrogens (tertiary/aromatic N) is 2. The normalized spacial score (nSPS) is 10.3. The molecule has 0 amide bonds. The molecule has 16 heavy (non-hydrogen) atoms. The van der Waals surface area contributed by atoms with Crippen LogP contribution in [0.2, 0.25) is 0 Å². The minimum Gasteiger partial charge on any atom is -0.462 e. The van der Waals surface area contributed by atoms with Gasteiger partial charge < -0.3 is 4.74 Å². The quantitative estimate of drug-likeness (QED) is 0.587. The maximum absolute atomic E-state index is 11.4. The third-order valence-corrected chi connectivity index (χ3v) is 2.24. The summed E-state index contributed by atoms with van der Waals surface area (Å²) < 4.78 is 6.48. The predicted molar refractivity (Wildman–Crippen MR) is 58.8 cm³/mol. The number of esters is 1. The van der Waals surface area contributed by atoms with Gasteiger partial charge in [-0.25, -0.2) is 4.79 Å². The molecule has 0 aliphatic carbocycles. The number of pyridine rings is 1. The lowest BCUT2D eigenvalue weighted by Gasteiger charge is -2.02. The van der Waals surface area contributed by atoms with Crippen molar-refractivity contribution in [3.05, 3.63) is 40.9 Å². The first-order valence-electron chi connectivity index (χ1n) is 4.88. The molecule has 0 aliphatic heterocycles. The van der Waals surface area contributed by atoms with Crippen molar-refractivity contribution >= 4 is 17.3 Å². The highest BCUT2D eigenvalue weighted by Crippen LogP contribution is 2.18. The molecule has 0 spiro atoms. The lowest BCUT2D eigenvalue weighted by molar-refractivity contribution is 0.0526. The highest BCUT2D eigenvalue weighted by Gasteiger charge is 2.08. The van der Waals surface area contributed by atoms with E-state index in [0.717, 1.165) is 5.52 Å². The van der Waals surface area contributed by atoms with Crippen LogP contribution in [0.5, 0.6) is 0 Å². The monoisotopic (exact) mass is 218 g/mol. The zero-order chi connectivity index (χ0) is 11.5. The average Bonchev–Trinajstić information content (AvgIpc) is 2.71. The fourth-order valence-corrected chi connectivity index (χ4v) is 1.51. The fourth-order valence-electron chi connectivity index (χ4n) is 1.51. The van der Waals surface area contributed by atoms with Gasteiger partial charge in [-0.15, -0.1) is 4.91 Å². The molecule has 2 heterocycles. The SMILES string of the molecule is CCOC(=O)c1ccn2c(N=O)ccc2c1. The molecule has 0 radical (unpaired) electrons. The molecule has 82 valence electrons. The third-order valence-electron chi connectivity index (χ3n) is 2.24. The first-order chi connectivity index (χ1) is 7.76. The maximum Gasteiger partial charge on any atom is 0.338 e. The van der Waals surface area contributed by atoms with E-state index in [2.05, 4.69) is 5.18 Å². The number of nitroso groups, excluding NO2 is 1. The molecular formula is C11H10N2O3. The molecule has 0 atom stereocenters. The largest absolute Gasteiger partial charge is 0.462 e. The van der Waals surface area contributed by atoms with Gasteiger partial charge in [-0.05, 0) is 36.4 Å². The van der Waals surface area contributed by atoms with Crippen molar-refractivity contribution in [2.75, 3.05) is 6.61 Å². The Kier molecular flexibility index (Phi) is 2.68. The molecule has 2 aromatic rings. The molecule has 2 rings (SSSR count). The van der Waals surface area contributed by atoms with Gasteiger partial charge in [0, 0.05) is 11.7 Å². The summed E-state index contributed by atoms with van der Waals surface area (Å²) in [6.07, 6.45) is 1.62. The fraction of sp³-hybridized carbons (Fsp3) is 0.182. The second-order valence-corrected chi connectivity index (χ2v) is 3.21. The van der Waals surface area contributed by atoms with E-state index in [1.807, 2.05) is 0 Å². The number of carbonyl (C=O) groups is 1. The van der Waals surface area contributed by atoms with E-state index in [1.165, 1.54) is 0 Å². The van der Waals surface area contributed by atoms with Crippen LogP contribution in [-0.2, 0) is 4.74 Å². The molecule has 0 saturated carbocycles. The van der Waals surface area contributed by atoms with Crippen molar-refractivity contribution in [3.63, 3.8) is 0 Å². The van der Waals surface area contributed by atoms with E-state index in [9.17, 15) is 9.70 Å². The summed E-state index contributed by atoms with van der Waals surface area (Å²) in [4.78, 5) is 21.9. The number of hydrogen-bond acceptors (Lipinski definition) is 4. The van der Waals surface area contributed by atoms with Crippen molar-refractivity contribution in [2.45, 2.75) is 6.92 Å². The third kappa shape index (κ3) is 1.67. The Labute approximate surface area is 91.6 Å². The second kappa shape index (κ2) is 4.14. The predicted octanol–water partition coefficient (Wildman–Crippen LogP) is 2.51. The van der Waals surface area contributed by atoms with Crippen LogP contribution in [0, 0.1) is 4.91 Å². The number of hydrogen-bond donors (Lipinski definition) is 0. The minimum absolute atomic E-state index is 0.311. The number of carbonyl (C=O) groups excluding carboxylic acids is 1. The Morgan fingerprint density at radius 3 is 2.94 bits per heavy atom. The van der Waals surface area contributed by atoms with Crippen molar-refractivity contribution in [1.82, 2.24) is 4.40 Å². The number of rotatable bonds is 3. The van der Waals surface area contributed by atoms with Crippen LogP contribution in [0.15, 0.2) is 35.6 Å². The van der Waals surface area contributed by atoms with E-state index in [4.69, 9.17) is 4.74 Å². The van der Waals surface area contributed by atoms with E-state index < -0.39 is 0 Å². The van der Waals surface area contributed by atoms with Crippen LogP contribution < -0.4 is 0 Å². The van der Waals surface area contributed by atoms with Gasteiger partial charge in [-0.1, -0.05) is 0 Å². The Bertz CT molecular complexity index is 545. The van der Waals surface area contributed by atoms with E-state index in [-0.39, 0.29) is 5.97 Å². The summed E-state index contributed by atoms with van der Waals surface area (Å²) in [5.74, 6) is -0.0581. The van der Waals surface area contributed by atoms with Crippen LogP contribution in [0.1, 0.15) is 17.3 Å². The molecule has 2 aromatic heterocycles. The average molecular weight is 218 g/mol. The maximum atomic E-state index is 11.4. The van der Waals surface area contributed by atoms with Crippen LogP contribution >= 0.6 is 0 Å². The van der Waals surface area contributed by atoms with Crippen LogP contribution in [0.4, 0.5) is 5.82 Å². The first-order valence-corrected chi connectivity index (χ1v) is 4.88. The molecule has 5 nitrogen and oxygen atoms in total. The van der Waals surface area contributed by atoms with Gasteiger partial charge in [0.1, 0.15) is 0 Å². The Hall–Kier alpha value is -2.17. The van der Waals surface area contributed by atoms with Crippen LogP contribution in [-0.4, -0.2) is 17.0 Å². The van der Waals surface area contributed by atoms with Gasteiger partial charge in [0.15, 0.2) is 5.82 Å². The lowest BCUT2D eigenvalue weighted by Crippen LogP contribution is -2.04. The van der Waals surface area contributed by atoms with E-state index >= 15 is 0 Å². The van der Waals surface area contributed by atoms with Gasteiger partial charge in [0.2, 0.25) is 0 Å². The van der Waals surface area contributed by atoms with Gasteiger partial charge in [0.05, 0.1) is 12.2 Å². The molecule has 0 unspecified atom stereocenters. The Morgan fingerprint density at radius 2 is 2.25 bits per heavy atom. The van der Waals surface area contributed by atoms with Crippen molar-refractivity contribution in [2.24, 2.45) is 5.18 Å². The summed E-state index contributed by atoms with van der Waals surface area (Å²) in [6.45, 7) is 2.09. The highest BCUT2D eigenvalue weighted by atomic mass is 16.5. The molecule has 0 fully saturated rings. The minimum atomic E-state index is -0.369. The molecule has 0 aromatic carbocycles. The topological polar surface area (TPSA) is 60.1 Å². The Morgan fingerprint density at radius 1 is 1.44 bits per heavy atom. The van der Waals surface area contributed by atoms with Gasteiger partial charge in [-0.2, -0.15) is 0 Å². The Balaban J connectivity index is 2.45. The summed E-state index contributed by atoms with van der Waals surface area (Å²) in [5.41, 5.74) is 1.20. The molecule has 0 N–H and O–H groups in total. The molecule has 0 aliphatic rings. The van der Waals surface area contributed by atoms with Gasteiger partial charge in [-0.3, -0.25) is 4.40 Å². The molecule has 0 bridgehead atoms.